The first-order valence-corrected chi connectivity index (χ1v) is 4.76. The standard InChI is InChI=1S/C9H15N3O/c1-2-12-4-3-9(10-12)11-5-7-13-8-6-11/h3-4H,2,5-8H2,1H3. The van der Waals surface area contributed by atoms with E-state index in [4.69, 9.17) is 4.74 Å². The number of ether oxygens (including phenoxy) is 1. The number of rotatable bonds is 2. The zero-order valence-corrected chi connectivity index (χ0v) is 7.94. The summed E-state index contributed by atoms with van der Waals surface area (Å²) in [4.78, 5) is 2.26. The van der Waals surface area contributed by atoms with Crippen molar-refractivity contribution in [1.82, 2.24) is 9.78 Å². The van der Waals surface area contributed by atoms with Crippen molar-refractivity contribution in [1.29, 1.82) is 0 Å². The van der Waals surface area contributed by atoms with Crippen LogP contribution in [0.2, 0.25) is 0 Å². The Morgan fingerprint density at radius 2 is 2.23 bits per heavy atom. The highest BCUT2D eigenvalue weighted by Gasteiger charge is 2.12. The molecule has 2 heterocycles. The van der Waals surface area contributed by atoms with E-state index in [0.29, 0.717) is 0 Å². The van der Waals surface area contributed by atoms with Crippen LogP contribution in [0.1, 0.15) is 6.92 Å². The average molecular weight is 181 g/mol. The monoisotopic (exact) mass is 181 g/mol. The summed E-state index contributed by atoms with van der Waals surface area (Å²) in [6.45, 7) is 6.58. The zero-order valence-electron chi connectivity index (χ0n) is 7.94. The molecule has 0 spiro atoms. The van der Waals surface area contributed by atoms with Crippen LogP contribution in [0, 0.1) is 0 Å². The fourth-order valence-corrected chi connectivity index (χ4v) is 1.49. The van der Waals surface area contributed by atoms with Gasteiger partial charge in [-0.2, -0.15) is 5.10 Å². The van der Waals surface area contributed by atoms with Gasteiger partial charge in [-0.3, -0.25) is 4.68 Å². The number of aromatic nitrogens is 2. The molecule has 0 saturated carbocycles. The van der Waals surface area contributed by atoms with Crippen molar-refractivity contribution in [3.63, 3.8) is 0 Å². The molecule has 0 aliphatic carbocycles. The van der Waals surface area contributed by atoms with Gasteiger partial charge in [0.05, 0.1) is 13.2 Å². The third-order valence-electron chi connectivity index (χ3n) is 2.29. The molecule has 1 aromatic heterocycles. The van der Waals surface area contributed by atoms with Crippen molar-refractivity contribution in [3.8, 4) is 0 Å². The molecule has 4 nitrogen and oxygen atoms in total. The number of hydrogen-bond acceptors (Lipinski definition) is 3. The Hall–Kier alpha value is -1.03. The Bertz CT molecular complexity index is 266. The van der Waals surface area contributed by atoms with Crippen molar-refractivity contribution >= 4 is 5.82 Å². The van der Waals surface area contributed by atoms with Gasteiger partial charge in [0.15, 0.2) is 5.82 Å². The second kappa shape index (κ2) is 3.79. The van der Waals surface area contributed by atoms with Gasteiger partial charge in [-0.1, -0.05) is 0 Å². The first-order valence-electron chi connectivity index (χ1n) is 4.76. The molecular weight excluding hydrogens is 166 g/mol. The van der Waals surface area contributed by atoms with Crippen LogP contribution in [-0.4, -0.2) is 36.1 Å². The van der Waals surface area contributed by atoms with E-state index in [0.717, 1.165) is 38.7 Å². The fraction of sp³-hybridized carbons (Fsp3) is 0.667. The summed E-state index contributed by atoms with van der Waals surface area (Å²) in [6.07, 6.45) is 2.02. The number of morpholine rings is 1. The molecule has 0 atom stereocenters. The lowest BCUT2D eigenvalue weighted by Crippen LogP contribution is -2.36. The second-order valence-electron chi connectivity index (χ2n) is 3.13. The fourth-order valence-electron chi connectivity index (χ4n) is 1.49. The molecule has 0 aromatic carbocycles. The van der Waals surface area contributed by atoms with E-state index in [1.165, 1.54) is 0 Å². The van der Waals surface area contributed by atoms with Gasteiger partial charge in [0.1, 0.15) is 0 Å². The van der Waals surface area contributed by atoms with Crippen LogP contribution in [0.15, 0.2) is 12.3 Å². The minimum atomic E-state index is 0.818. The summed E-state index contributed by atoms with van der Waals surface area (Å²) in [6, 6.07) is 2.06. The van der Waals surface area contributed by atoms with Crippen LogP contribution in [0.3, 0.4) is 0 Å². The van der Waals surface area contributed by atoms with E-state index in [1.54, 1.807) is 0 Å². The second-order valence-corrected chi connectivity index (χ2v) is 3.13. The Balaban J connectivity index is 2.05. The number of nitrogens with zero attached hydrogens (tertiary/aromatic N) is 3. The van der Waals surface area contributed by atoms with Gasteiger partial charge in [0.2, 0.25) is 0 Å². The van der Waals surface area contributed by atoms with E-state index in [-0.39, 0.29) is 0 Å². The number of hydrogen-bond donors (Lipinski definition) is 0. The molecule has 1 aromatic rings. The highest BCUT2D eigenvalue weighted by Crippen LogP contribution is 2.11. The van der Waals surface area contributed by atoms with Crippen LogP contribution < -0.4 is 4.90 Å². The molecule has 72 valence electrons. The lowest BCUT2D eigenvalue weighted by molar-refractivity contribution is 0.122. The van der Waals surface area contributed by atoms with Crippen LogP contribution in [0.4, 0.5) is 5.82 Å². The minimum Gasteiger partial charge on any atom is -0.378 e. The first-order chi connectivity index (χ1) is 6.40. The molecule has 13 heavy (non-hydrogen) atoms. The summed E-state index contributed by atoms with van der Waals surface area (Å²) in [5, 5.41) is 4.44. The van der Waals surface area contributed by atoms with E-state index < -0.39 is 0 Å². The molecule has 2 rings (SSSR count). The van der Waals surface area contributed by atoms with Crippen molar-refractivity contribution in [2.75, 3.05) is 31.2 Å². The van der Waals surface area contributed by atoms with E-state index >= 15 is 0 Å². The van der Waals surface area contributed by atoms with Crippen molar-refractivity contribution in [3.05, 3.63) is 12.3 Å². The van der Waals surface area contributed by atoms with Crippen LogP contribution in [0.5, 0.6) is 0 Å². The molecule has 1 saturated heterocycles. The molecule has 0 radical (unpaired) electrons. The Kier molecular flexibility index (Phi) is 2.49. The van der Waals surface area contributed by atoms with Gasteiger partial charge in [-0.15, -0.1) is 0 Å². The maximum atomic E-state index is 5.28. The van der Waals surface area contributed by atoms with Gasteiger partial charge in [-0.25, -0.2) is 0 Å². The van der Waals surface area contributed by atoms with Crippen molar-refractivity contribution in [2.45, 2.75) is 13.5 Å². The lowest BCUT2D eigenvalue weighted by atomic mass is 10.4. The van der Waals surface area contributed by atoms with E-state index in [2.05, 4.69) is 23.0 Å². The summed E-state index contributed by atoms with van der Waals surface area (Å²) in [7, 11) is 0. The lowest BCUT2D eigenvalue weighted by Gasteiger charge is -2.26. The van der Waals surface area contributed by atoms with Gasteiger partial charge in [0, 0.05) is 31.9 Å². The smallest absolute Gasteiger partial charge is 0.150 e. The van der Waals surface area contributed by atoms with E-state index in [9.17, 15) is 0 Å². The number of anilines is 1. The van der Waals surface area contributed by atoms with Crippen LogP contribution in [-0.2, 0) is 11.3 Å². The van der Waals surface area contributed by atoms with Crippen molar-refractivity contribution < 1.29 is 4.74 Å². The SMILES string of the molecule is CCn1ccc(N2CCOCC2)n1. The maximum absolute atomic E-state index is 5.28. The normalized spacial score (nSPS) is 17.8. The molecule has 0 unspecified atom stereocenters. The molecule has 1 aliphatic rings. The van der Waals surface area contributed by atoms with E-state index in [1.807, 2.05) is 10.9 Å². The van der Waals surface area contributed by atoms with Gasteiger partial charge in [-0.05, 0) is 6.92 Å². The molecule has 0 N–H and O–H groups in total. The molecule has 4 heteroatoms. The van der Waals surface area contributed by atoms with Crippen LogP contribution in [0.25, 0.3) is 0 Å². The molecule has 1 fully saturated rings. The molecular formula is C9H15N3O. The number of aryl methyl sites for hydroxylation is 1. The Morgan fingerprint density at radius 1 is 1.46 bits per heavy atom. The van der Waals surface area contributed by atoms with Gasteiger partial charge in [0.25, 0.3) is 0 Å². The Labute approximate surface area is 78.1 Å². The Morgan fingerprint density at radius 3 is 2.85 bits per heavy atom. The predicted molar refractivity (Wildman–Crippen MR) is 50.9 cm³/mol. The highest BCUT2D eigenvalue weighted by atomic mass is 16.5. The minimum absolute atomic E-state index is 0.818. The predicted octanol–water partition coefficient (Wildman–Crippen LogP) is 0.740. The summed E-state index contributed by atoms with van der Waals surface area (Å²) in [5.41, 5.74) is 0. The first kappa shape index (κ1) is 8.56. The van der Waals surface area contributed by atoms with Crippen molar-refractivity contribution in [2.24, 2.45) is 0 Å². The third-order valence-corrected chi connectivity index (χ3v) is 2.29. The molecule has 1 aliphatic heterocycles. The van der Waals surface area contributed by atoms with Gasteiger partial charge >= 0.3 is 0 Å². The zero-order chi connectivity index (χ0) is 9.10. The quantitative estimate of drug-likeness (QED) is 0.674. The average Bonchev–Trinajstić information content (AvgIpc) is 2.67. The van der Waals surface area contributed by atoms with Crippen LogP contribution >= 0.6 is 0 Å². The molecule has 0 amide bonds. The third kappa shape index (κ3) is 1.83. The molecule has 0 bridgehead atoms. The topological polar surface area (TPSA) is 30.3 Å². The van der Waals surface area contributed by atoms with Gasteiger partial charge < -0.3 is 9.64 Å². The maximum Gasteiger partial charge on any atom is 0.150 e. The summed E-state index contributed by atoms with van der Waals surface area (Å²) >= 11 is 0. The summed E-state index contributed by atoms with van der Waals surface area (Å²) < 4.78 is 7.23. The highest BCUT2D eigenvalue weighted by molar-refractivity contribution is 5.37. The summed E-state index contributed by atoms with van der Waals surface area (Å²) in [5.74, 6) is 1.07. The largest absolute Gasteiger partial charge is 0.378 e.